The Morgan fingerprint density at radius 2 is 2.05 bits per heavy atom. The SMILES string of the molecule is COc1ccc(C(O)CNCc2cccnc2)cc1. The van der Waals surface area contributed by atoms with E-state index in [1.54, 1.807) is 13.3 Å². The highest BCUT2D eigenvalue weighted by Gasteiger charge is 2.06. The van der Waals surface area contributed by atoms with Gasteiger partial charge < -0.3 is 15.2 Å². The van der Waals surface area contributed by atoms with Gasteiger partial charge in [-0.2, -0.15) is 0 Å². The molecule has 0 aliphatic heterocycles. The van der Waals surface area contributed by atoms with Crippen molar-refractivity contribution in [3.63, 3.8) is 0 Å². The molecule has 0 spiro atoms. The largest absolute Gasteiger partial charge is 0.497 e. The highest BCUT2D eigenvalue weighted by molar-refractivity contribution is 5.28. The molecule has 0 saturated carbocycles. The third-order valence-corrected chi connectivity index (χ3v) is 2.89. The molecule has 0 aliphatic carbocycles. The predicted octanol–water partition coefficient (Wildman–Crippen LogP) is 1.91. The maximum atomic E-state index is 10.0. The van der Waals surface area contributed by atoms with Gasteiger partial charge >= 0.3 is 0 Å². The summed E-state index contributed by atoms with van der Waals surface area (Å²) < 4.78 is 5.08. The van der Waals surface area contributed by atoms with Crippen LogP contribution in [0.15, 0.2) is 48.8 Å². The monoisotopic (exact) mass is 258 g/mol. The van der Waals surface area contributed by atoms with Crippen LogP contribution in [0.1, 0.15) is 17.2 Å². The van der Waals surface area contributed by atoms with Crippen molar-refractivity contribution in [2.75, 3.05) is 13.7 Å². The number of benzene rings is 1. The van der Waals surface area contributed by atoms with Gasteiger partial charge in [-0.1, -0.05) is 18.2 Å². The van der Waals surface area contributed by atoms with Crippen LogP contribution in [0.5, 0.6) is 5.75 Å². The number of aromatic nitrogens is 1. The number of methoxy groups -OCH3 is 1. The number of pyridine rings is 1. The topological polar surface area (TPSA) is 54.4 Å². The molecule has 4 heteroatoms. The van der Waals surface area contributed by atoms with E-state index < -0.39 is 6.10 Å². The second kappa shape index (κ2) is 6.87. The Morgan fingerprint density at radius 3 is 2.68 bits per heavy atom. The lowest BCUT2D eigenvalue weighted by Gasteiger charge is -2.12. The molecule has 0 bridgehead atoms. The zero-order valence-electron chi connectivity index (χ0n) is 10.9. The fourth-order valence-electron chi connectivity index (χ4n) is 1.80. The van der Waals surface area contributed by atoms with E-state index >= 15 is 0 Å². The van der Waals surface area contributed by atoms with Crippen LogP contribution in [-0.4, -0.2) is 23.7 Å². The smallest absolute Gasteiger partial charge is 0.118 e. The van der Waals surface area contributed by atoms with Crippen molar-refractivity contribution >= 4 is 0 Å². The van der Waals surface area contributed by atoms with E-state index in [9.17, 15) is 5.11 Å². The Balaban J connectivity index is 1.82. The third-order valence-electron chi connectivity index (χ3n) is 2.89. The van der Waals surface area contributed by atoms with E-state index in [4.69, 9.17) is 4.74 Å². The summed E-state index contributed by atoms with van der Waals surface area (Å²) in [6.07, 6.45) is 3.03. The molecule has 2 aromatic rings. The zero-order chi connectivity index (χ0) is 13.5. The van der Waals surface area contributed by atoms with E-state index in [0.29, 0.717) is 13.1 Å². The molecule has 0 radical (unpaired) electrons. The highest BCUT2D eigenvalue weighted by atomic mass is 16.5. The van der Waals surface area contributed by atoms with Crippen molar-refractivity contribution in [1.82, 2.24) is 10.3 Å². The Kier molecular flexibility index (Phi) is 4.89. The lowest BCUT2D eigenvalue weighted by Crippen LogP contribution is -2.21. The Bertz CT molecular complexity index is 485. The number of nitrogens with zero attached hydrogens (tertiary/aromatic N) is 1. The molecule has 2 N–H and O–H groups in total. The van der Waals surface area contributed by atoms with E-state index in [-0.39, 0.29) is 0 Å². The molecule has 4 nitrogen and oxygen atoms in total. The van der Waals surface area contributed by atoms with Gasteiger partial charge in [-0.3, -0.25) is 4.98 Å². The fourth-order valence-corrected chi connectivity index (χ4v) is 1.80. The van der Waals surface area contributed by atoms with Crippen LogP contribution in [-0.2, 0) is 6.54 Å². The molecule has 1 heterocycles. The maximum absolute atomic E-state index is 10.0. The molecule has 0 aliphatic rings. The molecule has 2 rings (SSSR count). The molecule has 0 amide bonds. The van der Waals surface area contributed by atoms with Crippen molar-refractivity contribution in [3.05, 3.63) is 59.9 Å². The number of hydrogen-bond acceptors (Lipinski definition) is 4. The van der Waals surface area contributed by atoms with Crippen molar-refractivity contribution in [2.24, 2.45) is 0 Å². The van der Waals surface area contributed by atoms with E-state index in [0.717, 1.165) is 16.9 Å². The average molecular weight is 258 g/mol. The van der Waals surface area contributed by atoms with Gasteiger partial charge in [-0.05, 0) is 29.3 Å². The first kappa shape index (κ1) is 13.5. The number of rotatable bonds is 6. The molecule has 1 unspecified atom stereocenters. The van der Waals surface area contributed by atoms with Crippen LogP contribution in [0.4, 0.5) is 0 Å². The van der Waals surface area contributed by atoms with Crippen LogP contribution in [0.2, 0.25) is 0 Å². The third kappa shape index (κ3) is 4.05. The minimum absolute atomic E-state index is 0.501. The lowest BCUT2D eigenvalue weighted by atomic mass is 10.1. The van der Waals surface area contributed by atoms with Gasteiger partial charge in [0.15, 0.2) is 0 Å². The second-order valence-corrected chi connectivity index (χ2v) is 4.28. The predicted molar refractivity (Wildman–Crippen MR) is 73.9 cm³/mol. The van der Waals surface area contributed by atoms with Gasteiger partial charge in [0.05, 0.1) is 13.2 Å². The minimum Gasteiger partial charge on any atom is -0.497 e. The summed E-state index contributed by atoms with van der Waals surface area (Å²) in [6, 6.07) is 11.3. The zero-order valence-corrected chi connectivity index (χ0v) is 10.9. The summed E-state index contributed by atoms with van der Waals surface area (Å²) in [7, 11) is 1.63. The molecule has 1 aromatic heterocycles. The van der Waals surface area contributed by atoms with Crippen LogP contribution in [0.3, 0.4) is 0 Å². The average Bonchev–Trinajstić information content (AvgIpc) is 2.48. The van der Waals surface area contributed by atoms with Gasteiger partial charge in [0.2, 0.25) is 0 Å². The summed E-state index contributed by atoms with van der Waals surface area (Å²) in [5.41, 5.74) is 1.98. The number of hydrogen-bond donors (Lipinski definition) is 2. The van der Waals surface area contributed by atoms with Crippen molar-refractivity contribution in [1.29, 1.82) is 0 Å². The molecule has 1 atom stereocenters. The quantitative estimate of drug-likeness (QED) is 0.831. The maximum Gasteiger partial charge on any atom is 0.118 e. The van der Waals surface area contributed by atoms with Crippen molar-refractivity contribution in [3.8, 4) is 5.75 Å². The normalized spacial score (nSPS) is 12.1. The highest BCUT2D eigenvalue weighted by Crippen LogP contribution is 2.16. The van der Waals surface area contributed by atoms with E-state index in [2.05, 4.69) is 10.3 Å². The van der Waals surface area contributed by atoms with Gasteiger partial charge in [-0.15, -0.1) is 0 Å². The molecular weight excluding hydrogens is 240 g/mol. The van der Waals surface area contributed by atoms with Gasteiger partial charge in [0.1, 0.15) is 5.75 Å². The van der Waals surface area contributed by atoms with Gasteiger partial charge in [0.25, 0.3) is 0 Å². The summed E-state index contributed by atoms with van der Waals surface area (Å²) in [5.74, 6) is 0.791. The lowest BCUT2D eigenvalue weighted by molar-refractivity contribution is 0.174. The first-order valence-corrected chi connectivity index (χ1v) is 6.21. The van der Waals surface area contributed by atoms with Crippen LogP contribution in [0.25, 0.3) is 0 Å². The molecular formula is C15H18N2O2. The number of nitrogens with one attached hydrogen (secondary N) is 1. The Hall–Kier alpha value is -1.91. The molecule has 0 saturated heterocycles. The molecule has 0 fully saturated rings. The van der Waals surface area contributed by atoms with Crippen LogP contribution < -0.4 is 10.1 Å². The minimum atomic E-state index is -0.525. The first-order valence-electron chi connectivity index (χ1n) is 6.21. The van der Waals surface area contributed by atoms with Gasteiger partial charge in [0, 0.05) is 25.5 Å². The summed E-state index contributed by atoms with van der Waals surface area (Å²) in [6.45, 7) is 1.20. The van der Waals surface area contributed by atoms with E-state index in [1.807, 2.05) is 42.6 Å². The second-order valence-electron chi connectivity index (χ2n) is 4.28. The Labute approximate surface area is 113 Å². The first-order chi connectivity index (χ1) is 9.29. The Morgan fingerprint density at radius 1 is 1.26 bits per heavy atom. The number of ether oxygens (including phenoxy) is 1. The number of aliphatic hydroxyl groups excluding tert-OH is 1. The fraction of sp³-hybridized carbons (Fsp3) is 0.267. The van der Waals surface area contributed by atoms with Crippen LogP contribution in [0, 0.1) is 0 Å². The molecule has 1 aromatic carbocycles. The molecule has 100 valence electrons. The molecule has 19 heavy (non-hydrogen) atoms. The number of aliphatic hydroxyl groups is 1. The van der Waals surface area contributed by atoms with E-state index in [1.165, 1.54) is 0 Å². The van der Waals surface area contributed by atoms with Gasteiger partial charge in [-0.25, -0.2) is 0 Å². The van der Waals surface area contributed by atoms with Crippen LogP contribution >= 0.6 is 0 Å². The van der Waals surface area contributed by atoms with Crippen molar-refractivity contribution in [2.45, 2.75) is 12.6 Å². The summed E-state index contributed by atoms with van der Waals surface area (Å²) in [5, 5.41) is 13.3. The van der Waals surface area contributed by atoms with Crippen molar-refractivity contribution < 1.29 is 9.84 Å². The standard InChI is InChI=1S/C15H18N2O2/c1-19-14-6-4-13(5-7-14)15(18)11-17-10-12-3-2-8-16-9-12/h2-9,15,17-18H,10-11H2,1H3. The summed E-state index contributed by atoms with van der Waals surface area (Å²) in [4.78, 5) is 4.04. The summed E-state index contributed by atoms with van der Waals surface area (Å²) >= 11 is 0.